The minimum Gasteiger partial charge on any atom is -0.465 e. The van der Waals surface area contributed by atoms with Crippen molar-refractivity contribution in [3.05, 3.63) is 59.9 Å². The SMILES string of the molecule is COC(=O)c1ccc(Cn2ccc3c(N4CCC5(CCN(C)C5)CC4)ccnc32)cc1. The molecule has 0 aliphatic carbocycles. The summed E-state index contributed by atoms with van der Waals surface area (Å²) in [4.78, 5) is 21.4. The quantitative estimate of drug-likeness (QED) is 0.604. The fourth-order valence-electron chi connectivity index (χ4n) is 5.33. The van der Waals surface area contributed by atoms with E-state index in [1.165, 1.54) is 50.5 Å². The normalized spacial score (nSPS) is 18.7. The van der Waals surface area contributed by atoms with E-state index in [9.17, 15) is 4.79 Å². The maximum Gasteiger partial charge on any atom is 0.337 e. The molecule has 0 N–H and O–H groups in total. The van der Waals surface area contributed by atoms with Crippen LogP contribution in [0.1, 0.15) is 35.2 Å². The molecule has 1 spiro atoms. The number of hydrogen-bond acceptors (Lipinski definition) is 5. The molecule has 1 aromatic carbocycles. The molecule has 3 aromatic rings. The van der Waals surface area contributed by atoms with E-state index in [-0.39, 0.29) is 5.97 Å². The summed E-state index contributed by atoms with van der Waals surface area (Å²) < 4.78 is 6.97. The first-order valence-corrected chi connectivity index (χ1v) is 11.1. The maximum absolute atomic E-state index is 11.7. The Labute approximate surface area is 183 Å². The molecule has 5 rings (SSSR count). The van der Waals surface area contributed by atoms with Crippen LogP contribution in [0.4, 0.5) is 5.69 Å². The number of carbonyl (C=O) groups is 1. The zero-order valence-electron chi connectivity index (χ0n) is 18.4. The number of hydrogen-bond donors (Lipinski definition) is 0. The molecule has 0 atom stereocenters. The number of nitrogens with zero attached hydrogens (tertiary/aromatic N) is 4. The molecule has 0 bridgehead atoms. The van der Waals surface area contributed by atoms with Crippen molar-refractivity contribution in [3.8, 4) is 0 Å². The lowest BCUT2D eigenvalue weighted by Crippen LogP contribution is -2.41. The summed E-state index contributed by atoms with van der Waals surface area (Å²) in [7, 11) is 3.65. The van der Waals surface area contributed by atoms with Gasteiger partial charge < -0.3 is 19.1 Å². The van der Waals surface area contributed by atoms with Crippen molar-refractivity contribution < 1.29 is 9.53 Å². The zero-order valence-corrected chi connectivity index (χ0v) is 18.4. The molecule has 162 valence electrons. The second kappa shape index (κ2) is 8.00. The van der Waals surface area contributed by atoms with E-state index in [1.54, 1.807) is 0 Å². The molecule has 6 nitrogen and oxygen atoms in total. The summed E-state index contributed by atoms with van der Waals surface area (Å²) in [5, 5.41) is 1.22. The highest BCUT2D eigenvalue weighted by Gasteiger charge is 2.39. The molecule has 0 saturated carbocycles. The zero-order chi connectivity index (χ0) is 21.4. The van der Waals surface area contributed by atoms with Crippen molar-refractivity contribution in [1.82, 2.24) is 14.5 Å². The summed E-state index contributed by atoms with van der Waals surface area (Å²) in [6.45, 7) is 5.44. The second-order valence-corrected chi connectivity index (χ2v) is 9.17. The first kappa shape index (κ1) is 20.1. The van der Waals surface area contributed by atoms with Gasteiger partial charge in [0.1, 0.15) is 5.65 Å². The van der Waals surface area contributed by atoms with Gasteiger partial charge in [-0.25, -0.2) is 9.78 Å². The van der Waals surface area contributed by atoms with E-state index in [0.29, 0.717) is 11.0 Å². The van der Waals surface area contributed by atoms with Crippen LogP contribution in [0.15, 0.2) is 48.8 Å². The van der Waals surface area contributed by atoms with Gasteiger partial charge >= 0.3 is 5.97 Å². The third-order valence-corrected chi connectivity index (χ3v) is 7.16. The molecule has 0 unspecified atom stereocenters. The minimum atomic E-state index is -0.308. The van der Waals surface area contributed by atoms with Crippen molar-refractivity contribution in [2.24, 2.45) is 5.41 Å². The standard InChI is InChI=1S/C25H30N4O2/c1-27-14-9-25(18-27)10-15-28(16-11-25)22-7-12-26-23-21(22)8-13-29(23)17-19-3-5-20(6-4-19)24(30)31-2/h3-8,12-13H,9-11,14-18H2,1-2H3. The number of anilines is 1. The Morgan fingerprint density at radius 1 is 1.06 bits per heavy atom. The van der Waals surface area contributed by atoms with Crippen LogP contribution < -0.4 is 4.90 Å². The topological polar surface area (TPSA) is 50.6 Å². The number of methoxy groups -OCH3 is 1. The van der Waals surface area contributed by atoms with Crippen molar-refractivity contribution in [1.29, 1.82) is 0 Å². The fourth-order valence-corrected chi connectivity index (χ4v) is 5.33. The van der Waals surface area contributed by atoms with E-state index in [4.69, 9.17) is 4.74 Å². The lowest BCUT2D eigenvalue weighted by atomic mass is 9.77. The van der Waals surface area contributed by atoms with E-state index in [0.717, 1.165) is 30.8 Å². The molecule has 2 aliphatic rings. The Hall–Kier alpha value is -2.86. The van der Waals surface area contributed by atoms with Crippen LogP contribution in [0.2, 0.25) is 0 Å². The maximum atomic E-state index is 11.7. The van der Waals surface area contributed by atoms with Crippen LogP contribution in [0.25, 0.3) is 11.0 Å². The lowest BCUT2D eigenvalue weighted by Gasteiger charge is -2.40. The Balaban J connectivity index is 1.34. The average Bonchev–Trinajstić information content (AvgIpc) is 3.38. The predicted octanol–water partition coefficient (Wildman–Crippen LogP) is 3.79. The van der Waals surface area contributed by atoms with Gasteiger partial charge in [0.05, 0.1) is 12.7 Å². The molecular formula is C25H30N4O2. The molecule has 2 fully saturated rings. The minimum absolute atomic E-state index is 0.308. The number of esters is 1. The Kier molecular flexibility index (Phi) is 5.18. The van der Waals surface area contributed by atoms with Crippen molar-refractivity contribution in [2.45, 2.75) is 25.8 Å². The highest BCUT2D eigenvalue weighted by molar-refractivity contribution is 5.90. The number of pyridine rings is 1. The first-order valence-electron chi connectivity index (χ1n) is 11.1. The van der Waals surface area contributed by atoms with E-state index in [1.807, 2.05) is 30.5 Å². The number of ether oxygens (including phenoxy) is 1. The molecule has 2 aliphatic heterocycles. The van der Waals surface area contributed by atoms with Crippen molar-refractivity contribution in [3.63, 3.8) is 0 Å². The van der Waals surface area contributed by atoms with Gasteiger partial charge in [-0.15, -0.1) is 0 Å². The summed E-state index contributed by atoms with van der Waals surface area (Å²) in [6.07, 6.45) is 7.94. The van der Waals surface area contributed by atoms with E-state index >= 15 is 0 Å². The van der Waals surface area contributed by atoms with Crippen LogP contribution in [0.3, 0.4) is 0 Å². The first-order chi connectivity index (χ1) is 15.1. The smallest absolute Gasteiger partial charge is 0.337 e. The number of aromatic nitrogens is 2. The Bertz CT molecular complexity index is 1080. The molecular weight excluding hydrogens is 388 g/mol. The van der Waals surface area contributed by atoms with E-state index < -0.39 is 0 Å². The largest absolute Gasteiger partial charge is 0.465 e. The number of fused-ring (bicyclic) bond motifs is 1. The number of likely N-dealkylation sites (tertiary alicyclic amines) is 1. The highest BCUT2D eigenvalue weighted by Crippen LogP contribution is 2.41. The Morgan fingerprint density at radius 3 is 2.48 bits per heavy atom. The highest BCUT2D eigenvalue weighted by atomic mass is 16.5. The summed E-state index contributed by atoms with van der Waals surface area (Å²) in [5.41, 5.74) is 4.53. The van der Waals surface area contributed by atoms with Gasteiger partial charge in [0.25, 0.3) is 0 Å². The molecule has 2 aromatic heterocycles. The molecule has 4 heterocycles. The second-order valence-electron chi connectivity index (χ2n) is 9.17. The van der Waals surface area contributed by atoms with Gasteiger partial charge in [0, 0.05) is 49.6 Å². The number of benzene rings is 1. The summed E-state index contributed by atoms with van der Waals surface area (Å²) in [6, 6.07) is 11.9. The van der Waals surface area contributed by atoms with Gasteiger partial charge in [-0.05, 0) is 68.1 Å². The molecule has 0 amide bonds. The predicted molar refractivity (Wildman–Crippen MR) is 123 cm³/mol. The van der Waals surface area contributed by atoms with Crippen molar-refractivity contribution in [2.75, 3.05) is 45.2 Å². The summed E-state index contributed by atoms with van der Waals surface area (Å²) >= 11 is 0. The molecule has 2 saturated heterocycles. The van der Waals surface area contributed by atoms with Gasteiger partial charge in [-0.2, -0.15) is 0 Å². The van der Waals surface area contributed by atoms with Gasteiger partial charge in [-0.3, -0.25) is 0 Å². The average molecular weight is 419 g/mol. The third kappa shape index (κ3) is 3.81. The molecule has 31 heavy (non-hydrogen) atoms. The number of piperidine rings is 1. The van der Waals surface area contributed by atoms with Crippen LogP contribution in [0, 0.1) is 5.41 Å². The van der Waals surface area contributed by atoms with E-state index in [2.05, 4.69) is 44.7 Å². The van der Waals surface area contributed by atoms with Gasteiger partial charge in [0.2, 0.25) is 0 Å². The van der Waals surface area contributed by atoms with Crippen LogP contribution in [-0.4, -0.2) is 60.8 Å². The van der Waals surface area contributed by atoms with Gasteiger partial charge in [0.15, 0.2) is 0 Å². The molecule has 0 radical (unpaired) electrons. The monoisotopic (exact) mass is 418 g/mol. The fraction of sp³-hybridized carbons (Fsp3) is 0.440. The summed E-state index contributed by atoms with van der Waals surface area (Å²) in [5.74, 6) is -0.308. The van der Waals surface area contributed by atoms with Crippen LogP contribution >= 0.6 is 0 Å². The number of carbonyl (C=O) groups excluding carboxylic acids is 1. The Morgan fingerprint density at radius 2 is 1.81 bits per heavy atom. The lowest BCUT2D eigenvalue weighted by molar-refractivity contribution is 0.0600. The van der Waals surface area contributed by atoms with Gasteiger partial charge in [-0.1, -0.05) is 12.1 Å². The number of rotatable bonds is 4. The van der Waals surface area contributed by atoms with Crippen LogP contribution in [0.5, 0.6) is 0 Å². The van der Waals surface area contributed by atoms with Crippen molar-refractivity contribution >= 4 is 22.7 Å². The third-order valence-electron chi connectivity index (χ3n) is 7.16. The van der Waals surface area contributed by atoms with Crippen LogP contribution in [-0.2, 0) is 11.3 Å². The molecule has 6 heteroatoms.